The highest BCUT2D eigenvalue weighted by atomic mass is 35.5. The standard InChI is InChI=1S/C31H34Cl3N3O4S/c1-2-29(31(39)35-24-9-5-3-6-10-24)36(20-22-13-18-27(33)28(34)19-22)30(38)21-37(25-11-7-4-8-12-25)42(40,41)26-16-14-23(32)15-17-26/h4,7-8,11-19,24,29H,2-3,5-6,9-10,20-21H2,1H3,(H,35,39). The number of hydrogen-bond donors (Lipinski definition) is 1. The molecule has 1 aliphatic carbocycles. The van der Waals surface area contributed by atoms with Gasteiger partial charge in [-0.2, -0.15) is 0 Å². The van der Waals surface area contributed by atoms with E-state index < -0.39 is 28.5 Å². The largest absolute Gasteiger partial charge is 0.352 e. The van der Waals surface area contributed by atoms with E-state index in [0.29, 0.717) is 32.7 Å². The van der Waals surface area contributed by atoms with Crippen molar-refractivity contribution in [2.24, 2.45) is 0 Å². The van der Waals surface area contributed by atoms with E-state index in [4.69, 9.17) is 34.8 Å². The molecule has 0 aromatic heterocycles. The number of nitrogens with one attached hydrogen (secondary N) is 1. The first kappa shape index (κ1) is 32.1. The molecule has 2 amide bonds. The average Bonchev–Trinajstić information content (AvgIpc) is 2.98. The lowest BCUT2D eigenvalue weighted by molar-refractivity contribution is -0.140. The van der Waals surface area contributed by atoms with E-state index in [2.05, 4.69) is 5.32 Å². The third kappa shape index (κ3) is 7.98. The number of halogens is 3. The lowest BCUT2D eigenvalue weighted by atomic mass is 9.95. The zero-order valence-electron chi connectivity index (χ0n) is 23.3. The Morgan fingerprint density at radius 1 is 0.905 bits per heavy atom. The van der Waals surface area contributed by atoms with Gasteiger partial charge in [0.15, 0.2) is 0 Å². The molecule has 1 atom stereocenters. The second-order valence-corrected chi connectivity index (χ2v) is 13.5. The minimum atomic E-state index is -4.17. The van der Waals surface area contributed by atoms with Gasteiger partial charge in [0.1, 0.15) is 12.6 Å². The van der Waals surface area contributed by atoms with Crippen LogP contribution in [0, 0.1) is 0 Å². The molecule has 3 aromatic carbocycles. The molecule has 42 heavy (non-hydrogen) atoms. The number of carbonyl (C=O) groups is 2. The Hall–Kier alpha value is -2.78. The molecule has 1 saturated carbocycles. The molecule has 0 spiro atoms. The summed E-state index contributed by atoms with van der Waals surface area (Å²) < 4.78 is 28.8. The van der Waals surface area contributed by atoms with Crippen molar-refractivity contribution >= 4 is 62.3 Å². The SMILES string of the molecule is CCC(C(=O)NC1CCCCC1)N(Cc1ccc(Cl)c(Cl)c1)C(=O)CN(c1ccccc1)S(=O)(=O)c1ccc(Cl)cc1. The molecule has 1 unspecified atom stereocenters. The quantitative estimate of drug-likeness (QED) is 0.240. The van der Waals surface area contributed by atoms with Gasteiger partial charge in [0.2, 0.25) is 11.8 Å². The van der Waals surface area contributed by atoms with Gasteiger partial charge in [0.05, 0.1) is 20.6 Å². The number of anilines is 1. The molecule has 3 aromatic rings. The summed E-state index contributed by atoms with van der Waals surface area (Å²) in [4.78, 5) is 29.2. The molecule has 1 aliphatic rings. The number of benzene rings is 3. The molecule has 0 heterocycles. The summed E-state index contributed by atoms with van der Waals surface area (Å²) in [6.45, 7) is 1.35. The minimum Gasteiger partial charge on any atom is -0.352 e. The summed E-state index contributed by atoms with van der Waals surface area (Å²) in [5.74, 6) is -0.794. The van der Waals surface area contributed by atoms with Crippen LogP contribution in [0.2, 0.25) is 15.1 Å². The number of sulfonamides is 1. The predicted molar refractivity (Wildman–Crippen MR) is 169 cm³/mol. The maximum Gasteiger partial charge on any atom is 0.264 e. The van der Waals surface area contributed by atoms with Crippen LogP contribution < -0.4 is 9.62 Å². The van der Waals surface area contributed by atoms with Gasteiger partial charge in [0, 0.05) is 17.6 Å². The highest BCUT2D eigenvalue weighted by Crippen LogP contribution is 2.27. The Bertz CT molecular complexity index is 1480. The fraction of sp³-hybridized carbons (Fsp3) is 0.355. The molecule has 1 N–H and O–H groups in total. The molecule has 4 rings (SSSR count). The second kappa shape index (κ2) is 14.6. The van der Waals surface area contributed by atoms with Crippen molar-refractivity contribution in [2.45, 2.75) is 69.0 Å². The first-order valence-electron chi connectivity index (χ1n) is 14.0. The zero-order chi connectivity index (χ0) is 30.3. The summed E-state index contributed by atoms with van der Waals surface area (Å²) in [5, 5.41) is 4.20. The number of rotatable bonds is 11. The summed E-state index contributed by atoms with van der Waals surface area (Å²) in [5.41, 5.74) is 0.975. The van der Waals surface area contributed by atoms with Crippen molar-refractivity contribution < 1.29 is 18.0 Å². The van der Waals surface area contributed by atoms with Crippen molar-refractivity contribution in [1.82, 2.24) is 10.2 Å². The maximum absolute atomic E-state index is 14.2. The lowest BCUT2D eigenvalue weighted by Crippen LogP contribution is -2.54. The Morgan fingerprint density at radius 3 is 2.19 bits per heavy atom. The van der Waals surface area contributed by atoms with Crippen LogP contribution in [-0.4, -0.2) is 43.8 Å². The molecule has 0 aliphatic heterocycles. The van der Waals surface area contributed by atoms with Gasteiger partial charge in [-0.1, -0.05) is 85.3 Å². The van der Waals surface area contributed by atoms with E-state index in [-0.39, 0.29) is 23.4 Å². The van der Waals surface area contributed by atoms with Crippen molar-refractivity contribution in [3.8, 4) is 0 Å². The topological polar surface area (TPSA) is 86.8 Å². The molecule has 1 fully saturated rings. The lowest BCUT2D eigenvalue weighted by Gasteiger charge is -2.34. The van der Waals surface area contributed by atoms with Crippen molar-refractivity contribution in [3.63, 3.8) is 0 Å². The van der Waals surface area contributed by atoms with Crippen LogP contribution >= 0.6 is 34.8 Å². The van der Waals surface area contributed by atoms with Crippen LogP contribution in [0.3, 0.4) is 0 Å². The third-order valence-electron chi connectivity index (χ3n) is 7.40. The van der Waals surface area contributed by atoms with E-state index >= 15 is 0 Å². The van der Waals surface area contributed by atoms with Crippen molar-refractivity contribution in [1.29, 1.82) is 0 Å². The van der Waals surface area contributed by atoms with Crippen LogP contribution in [0.15, 0.2) is 77.7 Å². The van der Waals surface area contributed by atoms with Crippen LogP contribution in [0.4, 0.5) is 5.69 Å². The number of amides is 2. The fourth-order valence-corrected chi connectivity index (χ4v) is 7.02. The molecule has 0 saturated heterocycles. The molecule has 224 valence electrons. The fourth-order valence-electron chi connectivity index (χ4n) is 5.16. The van der Waals surface area contributed by atoms with Gasteiger partial charge in [-0.15, -0.1) is 0 Å². The summed E-state index contributed by atoms with van der Waals surface area (Å²) in [6, 6.07) is 18.4. The van der Waals surface area contributed by atoms with Crippen LogP contribution in [-0.2, 0) is 26.2 Å². The minimum absolute atomic E-state index is 0.0123. The number of hydrogen-bond acceptors (Lipinski definition) is 4. The van der Waals surface area contributed by atoms with Gasteiger partial charge in [-0.05, 0) is 73.4 Å². The Kier molecular flexibility index (Phi) is 11.2. The number of carbonyl (C=O) groups excluding carboxylic acids is 2. The highest BCUT2D eigenvalue weighted by Gasteiger charge is 2.34. The maximum atomic E-state index is 14.2. The van der Waals surface area contributed by atoms with Gasteiger partial charge in [-0.25, -0.2) is 8.42 Å². The molecular formula is C31H34Cl3N3O4S. The van der Waals surface area contributed by atoms with E-state index in [1.165, 1.54) is 29.2 Å². The second-order valence-electron chi connectivity index (χ2n) is 10.3. The summed E-state index contributed by atoms with van der Waals surface area (Å²) in [7, 11) is -4.17. The van der Waals surface area contributed by atoms with E-state index in [1.54, 1.807) is 48.5 Å². The number of nitrogens with zero attached hydrogens (tertiary/aromatic N) is 2. The van der Waals surface area contributed by atoms with Crippen LogP contribution in [0.5, 0.6) is 0 Å². The smallest absolute Gasteiger partial charge is 0.264 e. The molecule has 0 radical (unpaired) electrons. The van der Waals surface area contributed by atoms with Crippen molar-refractivity contribution in [2.75, 3.05) is 10.8 Å². The van der Waals surface area contributed by atoms with Gasteiger partial charge < -0.3 is 10.2 Å². The highest BCUT2D eigenvalue weighted by molar-refractivity contribution is 7.92. The molecule has 7 nitrogen and oxygen atoms in total. The first-order chi connectivity index (χ1) is 20.1. The Morgan fingerprint density at radius 2 is 1.57 bits per heavy atom. The third-order valence-corrected chi connectivity index (χ3v) is 10.2. The van der Waals surface area contributed by atoms with Gasteiger partial charge in [0.25, 0.3) is 10.0 Å². The van der Waals surface area contributed by atoms with Crippen molar-refractivity contribution in [3.05, 3.63) is 93.4 Å². The summed E-state index contributed by atoms with van der Waals surface area (Å²) in [6.07, 6.45) is 5.35. The number of para-hydroxylation sites is 1. The van der Waals surface area contributed by atoms with Gasteiger partial charge >= 0.3 is 0 Å². The molecular weight excluding hydrogens is 617 g/mol. The average molecular weight is 651 g/mol. The zero-order valence-corrected chi connectivity index (χ0v) is 26.4. The Balaban J connectivity index is 1.70. The first-order valence-corrected chi connectivity index (χ1v) is 16.5. The van der Waals surface area contributed by atoms with E-state index in [0.717, 1.165) is 36.4 Å². The molecule has 11 heteroatoms. The Labute approximate surface area is 262 Å². The van der Waals surface area contributed by atoms with E-state index in [1.807, 2.05) is 6.92 Å². The van der Waals surface area contributed by atoms with E-state index in [9.17, 15) is 18.0 Å². The van der Waals surface area contributed by atoms with Crippen LogP contribution in [0.25, 0.3) is 0 Å². The molecule has 0 bridgehead atoms. The normalized spacial score (nSPS) is 14.7. The predicted octanol–water partition coefficient (Wildman–Crippen LogP) is 7.10. The summed E-state index contributed by atoms with van der Waals surface area (Å²) >= 11 is 18.4. The monoisotopic (exact) mass is 649 g/mol. The van der Waals surface area contributed by atoms with Gasteiger partial charge in [-0.3, -0.25) is 13.9 Å². The van der Waals surface area contributed by atoms with Crippen LogP contribution in [0.1, 0.15) is 51.0 Å².